The maximum Gasteiger partial charge on any atom is 0.238 e. The van der Waals surface area contributed by atoms with Gasteiger partial charge in [-0.05, 0) is 36.8 Å². The second-order valence-corrected chi connectivity index (χ2v) is 6.70. The maximum absolute atomic E-state index is 12.3. The van der Waals surface area contributed by atoms with Crippen LogP contribution in [0.25, 0.3) is 0 Å². The third-order valence-corrected chi connectivity index (χ3v) is 4.67. The molecule has 0 bridgehead atoms. The number of rotatable bonds is 4. The summed E-state index contributed by atoms with van der Waals surface area (Å²) in [7, 11) is 0. The first-order chi connectivity index (χ1) is 12.0. The van der Waals surface area contributed by atoms with Crippen LogP contribution >= 0.6 is 11.6 Å². The Hall–Kier alpha value is -2.24. The Kier molecular flexibility index (Phi) is 5.46. The van der Waals surface area contributed by atoms with Gasteiger partial charge in [-0.15, -0.1) is 0 Å². The summed E-state index contributed by atoms with van der Waals surface area (Å²) in [6.45, 7) is 5.40. The third-order valence-electron chi connectivity index (χ3n) is 4.44. The molecule has 1 amide bonds. The van der Waals surface area contributed by atoms with E-state index < -0.39 is 0 Å². The van der Waals surface area contributed by atoms with E-state index in [1.807, 2.05) is 37.3 Å². The Morgan fingerprint density at radius 1 is 1.16 bits per heavy atom. The van der Waals surface area contributed by atoms with Crippen LogP contribution in [0.1, 0.15) is 5.56 Å². The van der Waals surface area contributed by atoms with E-state index >= 15 is 0 Å². The molecular weight excluding hydrogens is 338 g/mol. The van der Waals surface area contributed by atoms with E-state index in [1.165, 1.54) is 0 Å². The molecule has 1 saturated heterocycles. The van der Waals surface area contributed by atoms with E-state index in [4.69, 9.17) is 11.6 Å². The van der Waals surface area contributed by atoms with Crippen LogP contribution < -0.4 is 10.2 Å². The second-order valence-electron chi connectivity index (χ2n) is 6.26. The molecule has 0 radical (unpaired) electrons. The minimum Gasteiger partial charge on any atom is -0.506 e. The summed E-state index contributed by atoms with van der Waals surface area (Å²) in [4.78, 5) is 16.6. The van der Waals surface area contributed by atoms with Crippen LogP contribution in [0.5, 0.6) is 5.75 Å². The van der Waals surface area contributed by atoms with Crippen molar-refractivity contribution in [3.05, 3.63) is 53.1 Å². The number of nitrogens with one attached hydrogen (secondary N) is 1. The number of piperazine rings is 1. The van der Waals surface area contributed by atoms with Crippen molar-refractivity contribution in [2.45, 2.75) is 6.92 Å². The first kappa shape index (κ1) is 17.6. The molecule has 3 rings (SSSR count). The minimum atomic E-state index is -0.0404. The molecule has 25 heavy (non-hydrogen) atoms. The summed E-state index contributed by atoms with van der Waals surface area (Å²) >= 11 is 5.99. The summed E-state index contributed by atoms with van der Waals surface area (Å²) in [6, 6.07) is 12.8. The van der Waals surface area contributed by atoms with Gasteiger partial charge >= 0.3 is 0 Å². The highest BCUT2D eigenvalue weighted by molar-refractivity contribution is 6.31. The fraction of sp³-hybridized carbons (Fsp3) is 0.316. The van der Waals surface area contributed by atoms with E-state index in [-0.39, 0.29) is 5.91 Å². The van der Waals surface area contributed by atoms with Crippen molar-refractivity contribution >= 4 is 28.9 Å². The first-order valence-electron chi connectivity index (χ1n) is 8.34. The molecule has 1 heterocycles. The number of benzene rings is 2. The van der Waals surface area contributed by atoms with Gasteiger partial charge in [-0.2, -0.15) is 0 Å². The number of halogens is 1. The third kappa shape index (κ3) is 4.44. The van der Waals surface area contributed by atoms with Crippen LogP contribution in [-0.4, -0.2) is 48.6 Å². The normalized spacial score (nSPS) is 15.2. The molecule has 0 spiro atoms. The Morgan fingerprint density at radius 3 is 2.60 bits per heavy atom. The zero-order valence-corrected chi connectivity index (χ0v) is 15.0. The monoisotopic (exact) mass is 359 g/mol. The lowest BCUT2D eigenvalue weighted by molar-refractivity contribution is -0.117. The lowest BCUT2D eigenvalue weighted by Gasteiger charge is -2.35. The number of carbonyl (C=O) groups is 1. The quantitative estimate of drug-likeness (QED) is 0.880. The molecule has 5 nitrogen and oxygen atoms in total. The van der Waals surface area contributed by atoms with E-state index in [9.17, 15) is 9.90 Å². The fourth-order valence-electron chi connectivity index (χ4n) is 3.00. The van der Waals surface area contributed by atoms with Crippen LogP contribution in [0.15, 0.2) is 42.5 Å². The fourth-order valence-corrected chi connectivity index (χ4v) is 3.17. The smallest absolute Gasteiger partial charge is 0.238 e. The Labute approximate surface area is 152 Å². The van der Waals surface area contributed by atoms with E-state index in [1.54, 1.807) is 12.1 Å². The number of hydrogen-bond donors (Lipinski definition) is 2. The molecule has 132 valence electrons. The molecule has 2 aromatic carbocycles. The summed E-state index contributed by atoms with van der Waals surface area (Å²) in [5, 5.41) is 13.5. The minimum absolute atomic E-state index is 0.0404. The predicted octanol–water partition coefficient (Wildman–Crippen LogP) is 3.11. The summed E-state index contributed by atoms with van der Waals surface area (Å²) in [5.41, 5.74) is 2.59. The van der Waals surface area contributed by atoms with Gasteiger partial charge in [0.1, 0.15) is 5.75 Å². The van der Waals surface area contributed by atoms with Crippen LogP contribution in [0.4, 0.5) is 11.4 Å². The number of phenols is 1. The van der Waals surface area contributed by atoms with Crippen molar-refractivity contribution in [3.63, 3.8) is 0 Å². The summed E-state index contributed by atoms with van der Waals surface area (Å²) in [6.07, 6.45) is 0. The largest absolute Gasteiger partial charge is 0.506 e. The number of amides is 1. The Morgan fingerprint density at radius 2 is 1.88 bits per heavy atom. The van der Waals surface area contributed by atoms with Gasteiger partial charge in [-0.25, -0.2) is 0 Å². The molecule has 6 heteroatoms. The van der Waals surface area contributed by atoms with Crippen LogP contribution in [-0.2, 0) is 4.79 Å². The number of phenolic OH excluding ortho intramolecular Hbond substituents is 1. The standard InChI is InChI=1S/C19H22ClN3O2/c1-14-6-7-15(20)12-16(14)21-19(25)13-22-8-10-23(11-9-22)17-4-2-3-5-18(17)24/h2-7,12,24H,8-11,13H2,1H3,(H,21,25). The number of hydrogen-bond acceptors (Lipinski definition) is 4. The molecule has 2 N–H and O–H groups in total. The van der Waals surface area contributed by atoms with Gasteiger partial charge < -0.3 is 15.3 Å². The number of aryl methyl sites for hydroxylation is 1. The molecular formula is C19H22ClN3O2. The molecule has 1 aliphatic heterocycles. The van der Waals surface area contributed by atoms with Gasteiger partial charge in [0.05, 0.1) is 12.2 Å². The zero-order chi connectivity index (χ0) is 17.8. The van der Waals surface area contributed by atoms with Crippen molar-refractivity contribution < 1.29 is 9.90 Å². The van der Waals surface area contributed by atoms with Gasteiger partial charge in [0.25, 0.3) is 0 Å². The second kappa shape index (κ2) is 7.76. The Bertz CT molecular complexity index is 758. The average Bonchev–Trinajstić information content (AvgIpc) is 2.59. The van der Waals surface area contributed by atoms with Crippen molar-refractivity contribution in [1.29, 1.82) is 0 Å². The number of carbonyl (C=O) groups excluding carboxylic acids is 1. The highest BCUT2D eigenvalue weighted by Gasteiger charge is 2.20. The molecule has 0 atom stereocenters. The maximum atomic E-state index is 12.3. The Balaban J connectivity index is 1.53. The highest BCUT2D eigenvalue weighted by Crippen LogP contribution is 2.27. The number of nitrogens with zero attached hydrogens (tertiary/aromatic N) is 2. The lowest BCUT2D eigenvalue weighted by atomic mass is 10.2. The number of aromatic hydroxyl groups is 1. The molecule has 0 aromatic heterocycles. The van der Waals surface area contributed by atoms with Crippen LogP contribution in [0.2, 0.25) is 5.02 Å². The SMILES string of the molecule is Cc1ccc(Cl)cc1NC(=O)CN1CCN(c2ccccc2O)CC1. The topological polar surface area (TPSA) is 55.8 Å². The van der Waals surface area contributed by atoms with Crippen molar-refractivity contribution in [1.82, 2.24) is 4.90 Å². The summed E-state index contributed by atoms with van der Waals surface area (Å²) < 4.78 is 0. The van der Waals surface area contributed by atoms with Gasteiger partial charge in [0.15, 0.2) is 0 Å². The van der Waals surface area contributed by atoms with Gasteiger partial charge in [-0.1, -0.05) is 29.8 Å². The van der Waals surface area contributed by atoms with E-state index in [2.05, 4.69) is 15.1 Å². The number of anilines is 2. The van der Waals surface area contributed by atoms with Gasteiger partial charge in [0, 0.05) is 36.9 Å². The highest BCUT2D eigenvalue weighted by atomic mass is 35.5. The van der Waals surface area contributed by atoms with Crippen molar-refractivity contribution in [3.8, 4) is 5.75 Å². The van der Waals surface area contributed by atoms with Crippen LogP contribution in [0, 0.1) is 6.92 Å². The number of para-hydroxylation sites is 2. The summed E-state index contributed by atoms with van der Waals surface area (Å²) in [5.74, 6) is 0.256. The molecule has 0 unspecified atom stereocenters. The van der Waals surface area contributed by atoms with Gasteiger partial charge in [-0.3, -0.25) is 9.69 Å². The molecule has 0 aliphatic carbocycles. The van der Waals surface area contributed by atoms with E-state index in [0.29, 0.717) is 17.3 Å². The first-order valence-corrected chi connectivity index (χ1v) is 8.72. The van der Waals surface area contributed by atoms with Crippen LogP contribution in [0.3, 0.4) is 0 Å². The van der Waals surface area contributed by atoms with Crippen molar-refractivity contribution in [2.24, 2.45) is 0 Å². The molecule has 1 fully saturated rings. The van der Waals surface area contributed by atoms with Gasteiger partial charge in [0.2, 0.25) is 5.91 Å². The lowest BCUT2D eigenvalue weighted by Crippen LogP contribution is -2.48. The molecule has 1 aliphatic rings. The molecule has 2 aromatic rings. The average molecular weight is 360 g/mol. The predicted molar refractivity (Wildman–Crippen MR) is 102 cm³/mol. The van der Waals surface area contributed by atoms with E-state index in [0.717, 1.165) is 43.1 Å². The zero-order valence-electron chi connectivity index (χ0n) is 14.2. The van der Waals surface area contributed by atoms with Crippen molar-refractivity contribution in [2.75, 3.05) is 42.9 Å². The molecule has 0 saturated carbocycles.